The van der Waals surface area contributed by atoms with Crippen molar-refractivity contribution in [1.82, 2.24) is 0 Å². The molecule has 0 bridgehead atoms. The van der Waals surface area contributed by atoms with Crippen molar-refractivity contribution in [3.8, 4) is 0 Å². The number of nitrogens with two attached hydrogens (primary N) is 2. The van der Waals surface area contributed by atoms with E-state index in [-0.39, 0.29) is 5.78 Å². The third kappa shape index (κ3) is 1.87. The van der Waals surface area contributed by atoms with Crippen LogP contribution in [0.4, 0.5) is 5.69 Å². The highest BCUT2D eigenvalue weighted by Crippen LogP contribution is 2.18. The lowest BCUT2D eigenvalue weighted by Gasteiger charge is -2.09. The van der Waals surface area contributed by atoms with Gasteiger partial charge in [-0.3, -0.25) is 4.79 Å². The number of carbonyl (C=O) groups is 1. The van der Waals surface area contributed by atoms with E-state index in [1.165, 1.54) is 6.92 Å². The highest BCUT2D eigenvalue weighted by Gasteiger charge is 2.09. The zero-order chi connectivity index (χ0) is 10.0. The number of hydrogen-bond acceptors (Lipinski definition) is 3. The quantitative estimate of drug-likeness (QED) is 0.528. The van der Waals surface area contributed by atoms with Gasteiger partial charge in [-0.2, -0.15) is 0 Å². The van der Waals surface area contributed by atoms with Crippen LogP contribution in [0.5, 0.6) is 0 Å². The molecule has 0 radical (unpaired) electrons. The van der Waals surface area contributed by atoms with Gasteiger partial charge in [-0.15, -0.1) is 0 Å². The minimum atomic E-state index is 0.0398. The van der Waals surface area contributed by atoms with Gasteiger partial charge in [0.25, 0.3) is 0 Å². The molecule has 0 aliphatic heterocycles. The normalized spacial score (nSPS) is 10.1. The van der Waals surface area contributed by atoms with Crippen molar-refractivity contribution in [2.24, 2.45) is 5.73 Å². The van der Waals surface area contributed by atoms with Crippen LogP contribution in [0.1, 0.15) is 28.4 Å². The molecule has 0 saturated carbocycles. The standard InChI is InChI=1S/C10H14N2O/c1-6-3-9(12)4-8(5-11)10(6)7(2)13/h3-4H,5,11-12H2,1-2H3. The van der Waals surface area contributed by atoms with E-state index in [4.69, 9.17) is 11.5 Å². The van der Waals surface area contributed by atoms with Crippen LogP contribution >= 0.6 is 0 Å². The van der Waals surface area contributed by atoms with Gasteiger partial charge in [0.2, 0.25) is 0 Å². The van der Waals surface area contributed by atoms with Crippen molar-refractivity contribution in [2.45, 2.75) is 20.4 Å². The van der Waals surface area contributed by atoms with E-state index in [0.717, 1.165) is 11.1 Å². The summed E-state index contributed by atoms with van der Waals surface area (Å²) in [5, 5.41) is 0. The summed E-state index contributed by atoms with van der Waals surface area (Å²) in [6.45, 7) is 3.75. The maximum absolute atomic E-state index is 11.3. The van der Waals surface area contributed by atoms with Gasteiger partial charge < -0.3 is 11.5 Å². The Morgan fingerprint density at radius 3 is 2.54 bits per heavy atom. The molecule has 13 heavy (non-hydrogen) atoms. The van der Waals surface area contributed by atoms with Crippen LogP contribution in [-0.4, -0.2) is 5.78 Å². The van der Waals surface area contributed by atoms with Gasteiger partial charge in [-0.1, -0.05) is 0 Å². The van der Waals surface area contributed by atoms with Gasteiger partial charge in [-0.25, -0.2) is 0 Å². The lowest BCUT2D eigenvalue weighted by atomic mass is 9.98. The monoisotopic (exact) mass is 178 g/mol. The Morgan fingerprint density at radius 1 is 1.46 bits per heavy atom. The van der Waals surface area contributed by atoms with Gasteiger partial charge in [0, 0.05) is 17.8 Å². The number of nitrogen functional groups attached to an aromatic ring is 1. The van der Waals surface area contributed by atoms with E-state index in [2.05, 4.69) is 0 Å². The molecule has 0 atom stereocenters. The van der Waals surface area contributed by atoms with E-state index in [9.17, 15) is 4.79 Å². The Hall–Kier alpha value is -1.35. The summed E-state index contributed by atoms with van der Waals surface area (Å²) in [6.07, 6.45) is 0. The third-order valence-electron chi connectivity index (χ3n) is 2.01. The fourth-order valence-electron chi connectivity index (χ4n) is 1.56. The molecule has 0 aliphatic rings. The first-order chi connectivity index (χ1) is 6.06. The Bertz CT molecular complexity index is 345. The summed E-state index contributed by atoms with van der Waals surface area (Å²) in [4.78, 5) is 11.3. The fraction of sp³-hybridized carbons (Fsp3) is 0.300. The Morgan fingerprint density at radius 2 is 2.08 bits per heavy atom. The molecule has 0 aliphatic carbocycles. The number of benzene rings is 1. The summed E-state index contributed by atoms with van der Waals surface area (Å²) >= 11 is 0. The second kappa shape index (κ2) is 3.58. The minimum Gasteiger partial charge on any atom is -0.399 e. The molecule has 3 heteroatoms. The number of rotatable bonds is 2. The molecule has 70 valence electrons. The lowest BCUT2D eigenvalue weighted by Crippen LogP contribution is -2.08. The SMILES string of the molecule is CC(=O)c1c(C)cc(N)cc1CN. The van der Waals surface area contributed by atoms with Crippen LogP contribution in [-0.2, 0) is 6.54 Å². The minimum absolute atomic E-state index is 0.0398. The molecular formula is C10H14N2O. The van der Waals surface area contributed by atoms with Crippen LogP contribution in [0.3, 0.4) is 0 Å². The molecule has 0 saturated heterocycles. The van der Waals surface area contributed by atoms with Crippen LogP contribution < -0.4 is 11.5 Å². The molecule has 0 spiro atoms. The first-order valence-electron chi connectivity index (χ1n) is 4.16. The highest BCUT2D eigenvalue weighted by molar-refractivity contribution is 5.97. The lowest BCUT2D eigenvalue weighted by molar-refractivity contribution is 0.101. The molecular weight excluding hydrogens is 164 g/mol. The second-order valence-electron chi connectivity index (χ2n) is 3.13. The van der Waals surface area contributed by atoms with E-state index < -0.39 is 0 Å². The summed E-state index contributed by atoms with van der Waals surface area (Å²) in [7, 11) is 0. The zero-order valence-electron chi connectivity index (χ0n) is 7.92. The Balaban J connectivity index is 3.38. The maximum atomic E-state index is 11.3. The van der Waals surface area contributed by atoms with Gasteiger partial charge in [0.05, 0.1) is 0 Å². The first-order valence-corrected chi connectivity index (χ1v) is 4.16. The number of Topliss-reactive ketones (excluding diaryl/α,β-unsaturated/α-hetero) is 1. The van der Waals surface area contributed by atoms with E-state index in [1.54, 1.807) is 12.1 Å². The molecule has 4 N–H and O–H groups in total. The van der Waals surface area contributed by atoms with E-state index in [1.807, 2.05) is 6.92 Å². The predicted molar refractivity (Wildman–Crippen MR) is 53.5 cm³/mol. The van der Waals surface area contributed by atoms with Crippen molar-refractivity contribution >= 4 is 11.5 Å². The molecule has 0 aromatic heterocycles. The van der Waals surface area contributed by atoms with Crippen molar-refractivity contribution in [1.29, 1.82) is 0 Å². The van der Waals surface area contributed by atoms with Crippen molar-refractivity contribution in [2.75, 3.05) is 5.73 Å². The van der Waals surface area contributed by atoms with Crippen molar-refractivity contribution in [3.63, 3.8) is 0 Å². The van der Waals surface area contributed by atoms with Crippen LogP contribution in [0.25, 0.3) is 0 Å². The van der Waals surface area contributed by atoms with Crippen LogP contribution in [0, 0.1) is 6.92 Å². The van der Waals surface area contributed by atoms with Crippen LogP contribution in [0.15, 0.2) is 12.1 Å². The topological polar surface area (TPSA) is 69.1 Å². The molecule has 1 aromatic rings. The molecule has 1 aromatic carbocycles. The molecule has 3 nitrogen and oxygen atoms in total. The van der Waals surface area contributed by atoms with E-state index >= 15 is 0 Å². The maximum Gasteiger partial charge on any atom is 0.160 e. The Labute approximate surface area is 77.7 Å². The summed E-state index contributed by atoms with van der Waals surface area (Å²) in [6, 6.07) is 3.54. The highest BCUT2D eigenvalue weighted by atomic mass is 16.1. The van der Waals surface area contributed by atoms with Gasteiger partial charge in [-0.05, 0) is 37.1 Å². The number of carbonyl (C=O) groups excluding carboxylic acids is 1. The average Bonchev–Trinajstić information content (AvgIpc) is 2.01. The summed E-state index contributed by atoms with van der Waals surface area (Å²) in [5.41, 5.74) is 14.2. The first kappa shape index (κ1) is 9.74. The van der Waals surface area contributed by atoms with Crippen LogP contribution in [0.2, 0.25) is 0 Å². The smallest absolute Gasteiger partial charge is 0.160 e. The molecule has 0 unspecified atom stereocenters. The summed E-state index contributed by atoms with van der Waals surface area (Å²) in [5.74, 6) is 0.0398. The predicted octanol–water partition coefficient (Wildman–Crippen LogP) is 1.24. The number of anilines is 1. The molecule has 0 fully saturated rings. The number of aryl methyl sites for hydroxylation is 1. The van der Waals surface area contributed by atoms with E-state index in [0.29, 0.717) is 17.8 Å². The Kier molecular flexibility index (Phi) is 2.68. The molecule has 0 heterocycles. The average molecular weight is 178 g/mol. The van der Waals surface area contributed by atoms with Gasteiger partial charge in [0.1, 0.15) is 0 Å². The molecule has 1 rings (SSSR count). The van der Waals surface area contributed by atoms with Crippen molar-refractivity contribution < 1.29 is 4.79 Å². The van der Waals surface area contributed by atoms with Crippen molar-refractivity contribution in [3.05, 3.63) is 28.8 Å². The van der Waals surface area contributed by atoms with Gasteiger partial charge >= 0.3 is 0 Å². The number of hydrogen-bond donors (Lipinski definition) is 2. The largest absolute Gasteiger partial charge is 0.399 e. The molecule has 0 amide bonds. The zero-order valence-corrected chi connectivity index (χ0v) is 7.92. The fourth-order valence-corrected chi connectivity index (χ4v) is 1.56. The van der Waals surface area contributed by atoms with Gasteiger partial charge in [0.15, 0.2) is 5.78 Å². The third-order valence-corrected chi connectivity index (χ3v) is 2.01. The summed E-state index contributed by atoms with van der Waals surface area (Å²) < 4.78 is 0. The number of ketones is 1. The second-order valence-corrected chi connectivity index (χ2v) is 3.13.